The van der Waals surface area contributed by atoms with E-state index in [1.54, 1.807) is 6.92 Å². The van der Waals surface area contributed by atoms with Crippen molar-refractivity contribution in [3.8, 4) is 5.88 Å². The van der Waals surface area contributed by atoms with Crippen LogP contribution in [0, 0.1) is 0 Å². The van der Waals surface area contributed by atoms with E-state index in [9.17, 15) is 4.79 Å². The number of aromatic nitrogens is 1. The molecule has 0 amide bonds. The van der Waals surface area contributed by atoms with Crippen molar-refractivity contribution in [1.29, 1.82) is 0 Å². The highest BCUT2D eigenvalue weighted by Crippen LogP contribution is 2.07. The second-order valence-corrected chi connectivity index (χ2v) is 2.85. The number of ether oxygens (including phenoxy) is 1. The molecule has 1 aromatic heterocycles. The molecule has 0 spiro atoms. The Morgan fingerprint density at radius 3 is 2.79 bits per heavy atom. The topological polar surface area (TPSA) is 79.7 Å². The summed E-state index contributed by atoms with van der Waals surface area (Å²) in [6, 6.07) is 2.85. The maximum absolute atomic E-state index is 10.5. The van der Waals surface area contributed by atoms with Gasteiger partial charge in [-0.3, -0.25) is 0 Å². The third-order valence-electron chi connectivity index (χ3n) is 1.46. The molecular formula is C9H11NO4. The maximum atomic E-state index is 10.5. The van der Waals surface area contributed by atoms with E-state index < -0.39 is 12.1 Å². The molecule has 76 valence electrons. The Hall–Kier alpha value is -1.62. The monoisotopic (exact) mass is 197 g/mol. The van der Waals surface area contributed by atoms with Gasteiger partial charge in [-0.2, -0.15) is 0 Å². The molecule has 0 aliphatic heterocycles. The van der Waals surface area contributed by atoms with E-state index >= 15 is 0 Å². The Kier molecular flexibility index (Phi) is 3.41. The lowest BCUT2D eigenvalue weighted by Crippen LogP contribution is -2.13. The van der Waals surface area contributed by atoms with Crippen molar-refractivity contribution < 1.29 is 19.7 Å². The van der Waals surface area contributed by atoms with Gasteiger partial charge in [-0.05, 0) is 13.0 Å². The fraction of sp³-hybridized carbons (Fsp3) is 0.333. The van der Waals surface area contributed by atoms with Gasteiger partial charge >= 0.3 is 5.97 Å². The summed E-state index contributed by atoms with van der Waals surface area (Å²) in [5, 5.41) is 17.5. The van der Waals surface area contributed by atoms with Crippen LogP contribution in [0.3, 0.4) is 0 Å². The van der Waals surface area contributed by atoms with E-state index in [2.05, 4.69) is 4.98 Å². The standard InChI is InChI=1S/C9H11NO4/c1-6(11)5-14-8-3-2-7(4-10-8)9(12)13/h2-4,6,11H,5H2,1H3,(H,12,13)/t6-/m1/s1. The highest BCUT2D eigenvalue weighted by atomic mass is 16.5. The molecule has 0 aliphatic rings. The van der Waals surface area contributed by atoms with Crippen molar-refractivity contribution in [1.82, 2.24) is 4.98 Å². The van der Waals surface area contributed by atoms with Crippen LogP contribution in [-0.4, -0.2) is 33.9 Å². The van der Waals surface area contributed by atoms with Crippen LogP contribution in [0.2, 0.25) is 0 Å². The van der Waals surface area contributed by atoms with E-state index in [0.29, 0.717) is 5.88 Å². The zero-order valence-corrected chi connectivity index (χ0v) is 7.67. The number of hydrogen-bond acceptors (Lipinski definition) is 4. The average molecular weight is 197 g/mol. The zero-order chi connectivity index (χ0) is 10.6. The lowest BCUT2D eigenvalue weighted by Gasteiger charge is -2.06. The number of rotatable bonds is 4. The second kappa shape index (κ2) is 4.57. The van der Waals surface area contributed by atoms with Gasteiger partial charge in [0.25, 0.3) is 0 Å². The first kappa shape index (κ1) is 10.5. The summed E-state index contributed by atoms with van der Waals surface area (Å²) in [5.74, 6) is -0.726. The summed E-state index contributed by atoms with van der Waals surface area (Å²) in [6.45, 7) is 1.73. The molecule has 0 aliphatic carbocycles. The van der Waals surface area contributed by atoms with E-state index in [0.717, 1.165) is 0 Å². The predicted octanol–water partition coefficient (Wildman–Crippen LogP) is 0.539. The SMILES string of the molecule is C[C@@H](O)COc1ccc(C(=O)O)cn1. The quantitative estimate of drug-likeness (QED) is 0.736. The van der Waals surface area contributed by atoms with Gasteiger partial charge in [0.1, 0.15) is 6.61 Å². The highest BCUT2D eigenvalue weighted by Gasteiger charge is 2.03. The first-order chi connectivity index (χ1) is 6.59. The lowest BCUT2D eigenvalue weighted by molar-refractivity contribution is 0.0696. The molecule has 0 unspecified atom stereocenters. The van der Waals surface area contributed by atoms with Gasteiger partial charge < -0.3 is 14.9 Å². The van der Waals surface area contributed by atoms with Crippen LogP contribution < -0.4 is 4.74 Å². The van der Waals surface area contributed by atoms with Crippen molar-refractivity contribution in [3.05, 3.63) is 23.9 Å². The number of aromatic carboxylic acids is 1. The van der Waals surface area contributed by atoms with Crippen molar-refractivity contribution in [2.24, 2.45) is 0 Å². The molecule has 1 atom stereocenters. The predicted molar refractivity (Wildman–Crippen MR) is 48.4 cm³/mol. The minimum Gasteiger partial charge on any atom is -0.478 e. The maximum Gasteiger partial charge on any atom is 0.337 e. The fourth-order valence-corrected chi connectivity index (χ4v) is 0.798. The molecule has 14 heavy (non-hydrogen) atoms. The van der Waals surface area contributed by atoms with Gasteiger partial charge in [0.2, 0.25) is 5.88 Å². The van der Waals surface area contributed by atoms with Crippen LogP contribution >= 0.6 is 0 Å². The van der Waals surface area contributed by atoms with Gasteiger partial charge in [0, 0.05) is 12.3 Å². The molecule has 0 saturated carbocycles. The summed E-state index contributed by atoms with van der Waals surface area (Å²) in [6.07, 6.45) is 0.635. The molecule has 5 heteroatoms. The van der Waals surface area contributed by atoms with Crippen molar-refractivity contribution in [2.45, 2.75) is 13.0 Å². The molecular weight excluding hydrogens is 186 g/mol. The number of carbonyl (C=O) groups is 1. The number of aliphatic hydroxyl groups is 1. The van der Waals surface area contributed by atoms with Gasteiger partial charge in [0.15, 0.2) is 0 Å². The molecule has 0 saturated heterocycles. The largest absolute Gasteiger partial charge is 0.478 e. The Balaban J connectivity index is 2.60. The van der Waals surface area contributed by atoms with Crippen molar-refractivity contribution >= 4 is 5.97 Å². The molecule has 0 fully saturated rings. The molecule has 0 radical (unpaired) electrons. The highest BCUT2D eigenvalue weighted by molar-refractivity contribution is 5.87. The first-order valence-corrected chi connectivity index (χ1v) is 4.10. The Morgan fingerprint density at radius 1 is 1.64 bits per heavy atom. The van der Waals surface area contributed by atoms with Crippen LogP contribution in [0.15, 0.2) is 18.3 Å². The van der Waals surface area contributed by atoms with E-state index in [1.165, 1.54) is 18.3 Å². The van der Waals surface area contributed by atoms with Crippen LogP contribution in [0.4, 0.5) is 0 Å². The van der Waals surface area contributed by atoms with E-state index in [1.807, 2.05) is 0 Å². The summed E-state index contributed by atoms with van der Waals surface area (Å²) < 4.78 is 5.05. The Labute approximate surface area is 81.0 Å². The normalized spacial score (nSPS) is 12.1. The average Bonchev–Trinajstić information content (AvgIpc) is 2.15. The van der Waals surface area contributed by atoms with E-state index in [4.69, 9.17) is 14.9 Å². The molecule has 1 aromatic rings. The minimum atomic E-state index is -1.03. The molecule has 0 bridgehead atoms. The molecule has 0 aromatic carbocycles. The van der Waals surface area contributed by atoms with Gasteiger partial charge in [0.05, 0.1) is 11.7 Å². The number of pyridine rings is 1. The molecule has 1 heterocycles. The van der Waals surface area contributed by atoms with Crippen LogP contribution in [-0.2, 0) is 0 Å². The Morgan fingerprint density at radius 2 is 2.36 bits per heavy atom. The zero-order valence-electron chi connectivity index (χ0n) is 7.67. The van der Waals surface area contributed by atoms with Gasteiger partial charge in [-0.25, -0.2) is 9.78 Å². The summed E-state index contributed by atoms with van der Waals surface area (Å²) in [5.41, 5.74) is 0.106. The van der Waals surface area contributed by atoms with Gasteiger partial charge in [-0.1, -0.05) is 0 Å². The lowest BCUT2D eigenvalue weighted by atomic mass is 10.3. The smallest absolute Gasteiger partial charge is 0.337 e. The Bertz CT molecular complexity index is 307. The second-order valence-electron chi connectivity index (χ2n) is 2.85. The van der Waals surface area contributed by atoms with Crippen LogP contribution in [0.1, 0.15) is 17.3 Å². The summed E-state index contributed by atoms with van der Waals surface area (Å²) >= 11 is 0. The van der Waals surface area contributed by atoms with E-state index in [-0.39, 0.29) is 12.2 Å². The third-order valence-corrected chi connectivity index (χ3v) is 1.46. The number of carboxylic acids is 1. The van der Waals surface area contributed by atoms with Crippen molar-refractivity contribution in [3.63, 3.8) is 0 Å². The molecule has 5 nitrogen and oxygen atoms in total. The molecule has 1 rings (SSSR count). The summed E-state index contributed by atoms with van der Waals surface area (Å²) in [4.78, 5) is 14.2. The van der Waals surface area contributed by atoms with Crippen LogP contribution in [0.5, 0.6) is 5.88 Å². The fourth-order valence-electron chi connectivity index (χ4n) is 0.798. The number of hydrogen-bond donors (Lipinski definition) is 2. The van der Waals surface area contributed by atoms with Crippen LogP contribution in [0.25, 0.3) is 0 Å². The van der Waals surface area contributed by atoms with Gasteiger partial charge in [-0.15, -0.1) is 0 Å². The minimum absolute atomic E-state index is 0.106. The number of nitrogens with zero attached hydrogens (tertiary/aromatic N) is 1. The number of aliphatic hydroxyl groups excluding tert-OH is 1. The third kappa shape index (κ3) is 3.02. The molecule has 2 N–H and O–H groups in total. The number of carboxylic acid groups (broad SMARTS) is 1. The summed E-state index contributed by atoms with van der Waals surface area (Å²) in [7, 11) is 0. The van der Waals surface area contributed by atoms with Crippen molar-refractivity contribution in [2.75, 3.05) is 6.61 Å². The first-order valence-electron chi connectivity index (χ1n) is 4.10.